The van der Waals surface area contributed by atoms with Crippen molar-refractivity contribution in [1.29, 1.82) is 0 Å². The standard InChI is InChI=1S/C10H13FN4.HI/c11-8-3-1-4-12-9(8)7-15-10-13-5-2-6-14-10;/h1,3-4H,2,5-7H2,(H2,13,14,15);1H. The van der Waals surface area contributed by atoms with Gasteiger partial charge in [-0.15, -0.1) is 24.0 Å². The number of hydrogen-bond donors (Lipinski definition) is 2. The van der Waals surface area contributed by atoms with Crippen molar-refractivity contribution in [1.82, 2.24) is 15.6 Å². The molecular weight excluding hydrogens is 322 g/mol. The topological polar surface area (TPSA) is 49.3 Å². The molecule has 0 unspecified atom stereocenters. The number of halogens is 2. The SMILES string of the molecule is Fc1cccnc1CNC1=NCCCN1.I. The van der Waals surface area contributed by atoms with Crippen molar-refractivity contribution in [2.45, 2.75) is 13.0 Å². The second-order valence-corrected chi connectivity index (χ2v) is 3.30. The number of pyridine rings is 1. The zero-order chi connectivity index (χ0) is 10.5. The molecule has 0 atom stereocenters. The van der Waals surface area contributed by atoms with Gasteiger partial charge in [0.05, 0.1) is 12.2 Å². The van der Waals surface area contributed by atoms with Crippen molar-refractivity contribution in [2.24, 2.45) is 4.99 Å². The number of aromatic nitrogens is 1. The first-order chi connectivity index (χ1) is 7.36. The van der Waals surface area contributed by atoms with Crippen molar-refractivity contribution < 1.29 is 4.39 Å². The van der Waals surface area contributed by atoms with E-state index in [2.05, 4.69) is 20.6 Å². The van der Waals surface area contributed by atoms with Gasteiger partial charge in [-0.05, 0) is 18.6 Å². The van der Waals surface area contributed by atoms with Crippen LogP contribution in [0.2, 0.25) is 0 Å². The van der Waals surface area contributed by atoms with Crippen LogP contribution in [-0.4, -0.2) is 24.0 Å². The molecule has 0 bridgehead atoms. The zero-order valence-electron chi connectivity index (χ0n) is 8.74. The van der Waals surface area contributed by atoms with Crippen LogP contribution >= 0.6 is 24.0 Å². The van der Waals surface area contributed by atoms with E-state index >= 15 is 0 Å². The summed E-state index contributed by atoms with van der Waals surface area (Å²) in [5, 5.41) is 6.11. The lowest BCUT2D eigenvalue weighted by molar-refractivity contribution is 0.591. The first kappa shape index (κ1) is 13.1. The largest absolute Gasteiger partial charge is 0.356 e. The third-order valence-corrected chi connectivity index (χ3v) is 2.16. The summed E-state index contributed by atoms with van der Waals surface area (Å²) < 4.78 is 13.2. The van der Waals surface area contributed by atoms with Crippen LogP contribution in [0.5, 0.6) is 0 Å². The smallest absolute Gasteiger partial charge is 0.191 e. The van der Waals surface area contributed by atoms with E-state index in [1.165, 1.54) is 6.07 Å². The first-order valence-electron chi connectivity index (χ1n) is 4.98. The Bertz CT molecular complexity index is 370. The van der Waals surface area contributed by atoms with E-state index in [9.17, 15) is 4.39 Å². The molecule has 6 heteroatoms. The molecule has 2 N–H and O–H groups in total. The second kappa shape index (κ2) is 6.62. The highest BCUT2D eigenvalue weighted by atomic mass is 127. The minimum atomic E-state index is -0.290. The van der Waals surface area contributed by atoms with Crippen LogP contribution in [0.1, 0.15) is 12.1 Å². The molecular formula is C10H14FIN4. The highest BCUT2D eigenvalue weighted by Gasteiger charge is 2.05. The van der Waals surface area contributed by atoms with Crippen LogP contribution in [0.3, 0.4) is 0 Å². The number of rotatable bonds is 2. The average molecular weight is 336 g/mol. The maximum absolute atomic E-state index is 13.2. The maximum Gasteiger partial charge on any atom is 0.191 e. The van der Waals surface area contributed by atoms with Gasteiger partial charge in [-0.1, -0.05) is 0 Å². The van der Waals surface area contributed by atoms with Crippen molar-refractivity contribution in [2.75, 3.05) is 13.1 Å². The zero-order valence-corrected chi connectivity index (χ0v) is 11.1. The molecule has 0 fully saturated rings. The molecule has 4 nitrogen and oxygen atoms in total. The Morgan fingerprint density at radius 2 is 2.38 bits per heavy atom. The summed E-state index contributed by atoms with van der Waals surface area (Å²) in [6.45, 7) is 2.09. The molecule has 0 spiro atoms. The lowest BCUT2D eigenvalue weighted by Crippen LogP contribution is -2.40. The third-order valence-electron chi connectivity index (χ3n) is 2.16. The van der Waals surface area contributed by atoms with E-state index in [1.807, 2.05) is 0 Å². The van der Waals surface area contributed by atoms with Crippen molar-refractivity contribution in [3.63, 3.8) is 0 Å². The normalized spacial score (nSPS) is 14.4. The van der Waals surface area contributed by atoms with Gasteiger partial charge in [0, 0.05) is 19.3 Å². The van der Waals surface area contributed by atoms with Crippen LogP contribution < -0.4 is 10.6 Å². The molecule has 0 saturated heterocycles. The fraction of sp³-hybridized carbons (Fsp3) is 0.400. The number of guanidine groups is 1. The number of nitrogens with one attached hydrogen (secondary N) is 2. The number of hydrogen-bond acceptors (Lipinski definition) is 4. The highest BCUT2D eigenvalue weighted by Crippen LogP contribution is 2.01. The molecule has 0 amide bonds. The van der Waals surface area contributed by atoms with Gasteiger partial charge in [0.1, 0.15) is 5.82 Å². The Balaban J connectivity index is 0.00000128. The minimum absolute atomic E-state index is 0. The summed E-state index contributed by atoms with van der Waals surface area (Å²) >= 11 is 0. The van der Waals surface area contributed by atoms with Crippen LogP contribution in [-0.2, 0) is 6.54 Å². The van der Waals surface area contributed by atoms with Gasteiger partial charge in [-0.25, -0.2) is 4.39 Å². The summed E-state index contributed by atoms with van der Waals surface area (Å²) in [4.78, 5) is 8.16. The highest BCUT2D eigenvalue weighted by molar-refractivity contribution is 14.0. The molecule has 0 radical (unpaired) electrons. The Morgan fingerprint density at radius 3 is 3.06 bits per heavy atom. The molecule has 1 aromatic heterocycles. The summed E-state index contributed by atoms with van der Waals surface area (Å²) in [5.74, 6) is 0.438. The quantitative estimate of drug-likeness (QED) is 0.800. The fourth-order valence-corrected chi connectivity index (χ4v) is 1.37. The van der Waals surface area contributed by atoms with E-state index in [1.54, 1.807) is 12.3 Å². The van der Waals surface area contributed by atoms with Crippen LogP contribution in [0, 0.1) is 5.82 Å². The Morgan fingerprint density at radius 1 is 1.50 bits per heavy atom. The van der Waals surface area contributed by atoms with Crippen LogP contribution in [0.4, 0.5) is 4.39 Å². The summed E-state index contributed by atoms with van der Waals surface area (Å²) in [6.07, 6.45) is 2.62. The monoisotopic (exact) mass is 336 g/mol. The summed E-state index contributed by atoms with van der Waals surface area (Å²) in [5.41, 5.74) is 0.410. The van der Waals surface area contributed by atoms with Gasteiger partial charge in [0.25, 0.3) is 0 Å². The van der Waals surface area contributed by atoms with Crippen molar-refractivity contribution in [3.8, 4) is 0 Å². The summed E-state index contributed by atoms with van der Waals surface area (Å²) in [6, 6.07) is 2.98. The lowest BCUT2D eigenvalue weighted by atomic mass is 10.3. The van der Waals surface area contributed by atoms with E-state index < -0.39 is 0 Å². The van der Waals surface area contributed by atoms with Gasteiger partial charge in [0.15, 0.2) is 5.96 Å². The van der Waals surface area contributed by atoms with Gasteiger partial charge in [-0.2, -0.15) is 0 Å². The molecule has 1 aromatic rings. The number of nitrogens with zero attached hydrogens (tertiary/aromatic N) is 2. The van der Waals surface area contributed by atoms with Gasteiger partial charge in [0.2, 0.25) is 0 Å². The van der Waals surface area contributed by atoms with E-state index in [4.69, 9.17) is 0 Å². The Labute approximate surface area is 111 Å². The molecule has 0 saturated carbocycles. The Kier molecular flexibility index (Phi) is 5.44. The van der Waals surface area contributed by atoms with E-state index in [0.29, 0.717) is 12.2 Å². The number of aliphatic imine (C=N–C) groups is 1. The molecule has 2 rings (SSSR count). The molecule has 1 aliphatic heterocycles. The first-order valence-corrected chi connectivity index (χ1v) is 4.98. The molecule has 88 valence electrons. The minimum Gasteiger partial charge on any atom is -0.356 e. The predicted molar refractivity (Wildman–Crippen MR) is 71.4 cm³/mol. The second-order valence-electron chi connectivity index (χ2n) is 3.30. The predicted octanol–water partition coefficient (Wildman–Crippen LogP) is 1.28. The van der Waals surface area contributed by atoms with E-state index in [-0.39, 0.29) is 29.8 Å². The Hall–Kier alpha value is -0.920. The maximum atomic E-state index is 13.2. The third kappa shape index (κ3) is 3.58. The van der Waals surface area contributed by atoms with E-state index in [0.717, 1.165) is 25.5 Å². The molecule has 16 heavy (non-hydrogen) atoms. The average Bonchev–Trinajstić information content (AvgIpc) is 2.29. The van der Waals surface area contributed by atoms with Crippen molar-refractivity contribution in [3.05, 3.63) is 29.8 Å². The van der Waals surface area contributed by atoms with Crippen LogP contribution in [0.25, 0.3) is 0 Å². The molecule has 2 heterocycles. The molecule has 0 aromatic carbocycles. The van der Waals surface area contributed by atoms with Gasteiger partial charge >= 0.3 is 0 Å². The molecule has 0 aliphatic carbocycles. The summed E-state index contributed by atoms with van der Waals surface area (Å²) in [7, 11) is 0. The van der Waals surface area contributed by atoms with Crippen molar-refractivity contribution >= 4 is 29.9 Å². The van der Waals surface area contributed by atoms with Gasteiger partial charge in [-0.3, -0.25) is 9.98 Å². The lowest BCUT2D eigenvalue weighted by Gasteiger charge is -2.15. The van der Waals surface area contributed by atoms with Crippen LogP contribution in [0.15, 0.2) is 23.3 Å². The fourth-order valence-electron chi connectivity index (χ4n) is 1.37. The van der Waals surface area contributed by atoms with Gasteiger partial charge < -0.3 is 10.6 Å². The molecule has 1 aliphatic rings.